The van der Waals surface area contributed by atoms with Crippen molar-refractivity contribution < 1.29 is 22.0 Å². The molecule has 15 aromatic rings. The van der Waals surface area contributed by atoms with E-state index in [0.717, 1.165) is 132 Å². The molecule has 10 atom stereocenters. The number of benzene rings is 10. The number of fused-ring (bicyclic) bond motifs is 15. The van der Waals surface area contributed by atoms with Crippen molar-refractivity contribution in [1.82, 2.24) is 47.3 Å². The van der Waals surface area contributed by atoms with Gasteiger partial charge in [-0.15, -0.1) is 0 Å². The summed E-state index contributed by atoms with van der Waals surface area (Å²) in [5.41, 5.74) is 30.5. The number of rotatable bonds is 10. The summed E-state index contributed by atoms with van der Waals surface area (Å²) >= 11 is 18.9. The van der Waals surface area contributed by atoms with Crippen molar-refractivity contribution in [2.24, 2.45) is 0 Å². The number of halogens is 8. The molecule has 0 bridgehead atoms. The first-order chi connectivity index (χ1) is 65.1. The number of hydrogen-bond donors (Lipinski definition) is 0. The second-order valence-corrected chi connectivity index (χ2v) is 42.2. The quantitative estimate of drug-likeness (QED) is 0.128. The molecule has 5 aliphatic heterocycles. The molecule has 0 unspecified atom stereocenters. The highest BCUT2D eigenvalue weighted by atomic mass is 35.5. The van der Waals surface area contributed by atoms with Gasteiger partial charge in [0.05, 0.1) is 0 Å². The molecule has 0 N–H and O–H groups in total. The lowest BCUT2D eigenvalue weighted by molar-refractivity contribution is 0.247. The highest BCUT2D eigenvalue weighted by molar-refractivity contribution is 6.32. The van der Waals surface area contributed by atoms with Gasteiger partial charge in [0.25, 0.3) is 0 Å². The molecular formula is C116H124Cl3F5N10. The first kappa shape index (κ1) is 90.7. The molecule has 10 aromatic carbocycles. The minimum Gasteiger partial charge on any atom is -0.341 e. The van der Waals surface area contributed by atoms with Crippen LogP contribution >= 0.6 is 34.8 Å². The fourth-order valence-electron chi connectivity index (χ4n) is 25.4. The van der Waals surface area contributed by atoms with Gasteiger partial charge >= 0.3 is 0 Å². The summed E-state index contributed by atoms with van der Waals surface area (Å²) in [4.78, 5) is 12.0. The normalized spacial score (nSPS) is 23.1. The van der Waals surface area contributed by atoms with E-state index in [-0.39, 0.29) is 29.1 Å². The van der Waals surface area contributed by atoms with E-state index in [1.165, 1.54) is 220 Å². The standard InChI is InChI=1S/2C25H29FN2.3C22H22ClFN2/c2*1-17-7-12-24-21(15-17)22-16-27(2)14-13-25(22)28(24)23-6-4-3-5-20(23)18-8-10-19(26)11-9-18;3*1-25-11-10-22-19(13-25)18-12-15(23)4-8-21(18)26(22)20-9-7-17(20)14-2-5-16(24)6-3-14/h2*7-12,15,20,23H,3-6,13-14,16H2,1-2H3;3*2-6,8,12,17,20H,7,9-11,13H2,1H3/t20-,23+;20-,23-;2*17-,20+;17-,20-/m10101/s1. The molecule has 5 aromatic heterocycles. The summed E-state index contributed by atoms with van der Waals surface area (Å²) < 4.78 is 80.1. The van der Waals surface area contributed by atoms with E-state index in [1.54, 1.807) is 60.7 Å². The van der Waals surface area contributed by atoms with Crippen molar-refractivity contribution in [2.45, 2.75) is 228 Å². The summed E-state index contributed by atoms with van der Waals surface area (Å²) in [5.74, 6) is 1.56. The Kier molecular flexibility index (Phi) is 25.9. The van der Waals surface area contributed by atoms with Crippen LogP contribution in [0.1, 0.15) is 245 Å². The van der Waals surface area contributed by atoms with E-state index in [0.29, 0.717) is 59.8 Å². The molecule has 10 heterocycles. The maximum atomic E-state index is 13.5. The number of aryl methyl sites for hydroxylation is 2. The Bertz CT molecular complexity index is 6280. The molecule has 18 heteroatoms. The maximum absolute atomic E-state index is 13.5. The molecule has 5 saturated carbocycles. The van der Waals surface area contributed by atoms with E-state index in [4.69, 9.17) is 34.8 Å². The molecule has 5 aliphatic carbocycles. The van der Waals surface area contributed by atoms with Gasteiger partial charge in [-0.05, 0) is 308 Å². The van der Waals surface area contributed by atoms with Crippen LogP contribution < -0.4 is 0 Å². The van der Waals surface area contributed by atoms with Crippen molar-refractivity contribution in [3.63, 3.8) is 0 Å². The van der Waals surface area contributed by atoms with Crippen LogP contribution in [0.15, 0.2) is 212 Å². The molecular weight excluding hydrogens is 1730 g/mol. The smallest absolute Gasteiger partial charge is 0.123 e. The maximum Gasteiger partial charge on any atom is 0.123 e. The average molecular weight is 1860 g/mol. The van der Waals surface area contributed by atoms with Gasteiger partial charge in [0.2, 0.25) is 0 Å². The Morgan fingerprint density at radius 1 is 0.231 bits per heavy atom. The van der Waals surface area contributed by atoms with Crippen LogP contribution in [0.5, 0.6) is 0 Å². The number of aromatic nitrogens is 5. The molecule has 0 spiro atoms. The van der Waals surface area contributed by atoms with E-state index in [9.17, 15) is 22.0 Å². The average Bonchev–Trinajstić information content (AvgIpc) is 1.57. The van der Waals surface area contributed by atoms with Crippen LogP contribution in [0, 0.1) is 42.9 Å². The first-order valence-electron chi connectivity index (χ1n) is 49.5. The highest BCUT2D eigenvalue weighted by Gasteiger charge is 2.43. The zero-order valence-electron chi connectivity index (χ0n) is 78.5. The Balaban J connectivity index is 0.000000101. The van der Waals surface area contributed by atoms with E-state index < -0.39 is 0 Å². The Morgan fingerprint density at radius 2 is 0.433 bits per heavy atom. The van der Waals surface area contributed by atoms with Crippen molar-refractivity contribution in [3.05, 3.63) is 352 Å². The molecule has 0 radical (unpaired) electrons. The van der Waals surface area contributed by atoms with Gasteiger partial charge in [-0.3, -0.25) is 0 Å². The molecule has 134 heavy (non-hydrogen) atoms. The van der Waals surface area contributed by atoms with Crippen LogP contribution in [0.3, 0.4) is 0 Å². The number of likely N-dealkylation sites (N-methyl/N-ethyl adjacent to an activating group) is 5. The Morgan fingerprint density at radius 3 is 0.657 bits per heavy atom. The van der Waals surface area contributed by atoms with Crippen LogP contribution in [-0.2, 0) is 64.8 Å². The minimum atomic E-state index is -0.161. The van der Waals surface area contributed by atoms with Crippen molar-refractivity contribution in [3.8, 4) is 0 Å². The van der Waals surface area contributed by atoms with Gasteiger partial charge in [0.1, 0.15) is 29.1 Å². The minimum absolute atomic E-state index is 0.140. The van der Waals surface area contributed by atoms with E-state index in [2.05, 4.69) is 169 Å². The van der Waals surface area contributed by atoms with Crippen LogP contribution in [-0.4, -0.2) is 115 Å². The van der Waals surface area contributed by atoms with E-state index >= 15 is 0 Å². The summed E-state index contributed by atoms with van der Waals surface area (Å²) in [7, 11) is 11.0. The third-order valence-corrected chi connectivity index (χ3v) is 33.1. The molecule has 0 amide bonds. The second kappa shape index (κ2) is 38.3. The molecule has 5 fully saturated rings. The molecule has 0 saturated heterocycles. The largest absolute Gasteiger partial charge is 0.341 e. The van der Waals surface area contributed by atoms with Gasteiger partial charge in [-0.1, -0.05) is 144 Å². The SMILES string of the molecule is CN1CCc2c(c3cc(Cl)ccc3n2[C@@H]2CC[C@@H]2c2ccc(F)cc2)C1.CN1CCc2c(c3cc(Cl)ccc3n2[C@@H]2CC[C@H]2c2ccc(F)cc2)C1.CN1CCc2c(c3cc(Cl)ccc3n2[C@H]2CC[C@@H]2c2ccc(F)cc2)C1.Cc1ccc2c(c1)c1c(n2[C@H]2CCCC[C@@H]2c2ccc(F)cc2)CCN(C)C1.Cc1ccc2c(c1)c1c(n2[C@H]2CCCC[C@H]2c2ccc(F)cc2)CCN(C)C1. The number of hydrogen-bond acceptors (Lipinski definition) is 5. The number of nitrogens with zero attached hydrogens (tertiary/aromatic N) is 10. The third-order valence-electron chi connectivity index (χ3n) is 32.4. The summed E-state index contributed by atoms with van der Waals surface area (Å²) in [6.07, 6.45) is 22.4. The Hall–Kier alpha value is -9.78. The lowest BCUT2D eigenvalue weighted by Gasteiger charge is -2.40. The van der Waals surface area contributed by atoms with Crippen LogP contribution in [0.4, 0.5) is 22.0 Å². The zero-order chi connectivity index (χ0) is 92.0. The van der Waals surface area contributed by atoms with Crippen LogP contribution in [0.25, 0.3) is 54.5 Å². The summed E-state index contributed by atoms with van der Waals surface area (Å²) in [5, 5.41) is 9.16. The first-order valence-corrected chi connectivity index (χ1v) is 50.6. The molecule has 10 aliphatic rings. The van der Waals surface area contributed by atoms with Gasteiger partial charge in [0.15, 0.2) is 0 Å². The molecule has 694 valence electrons. The lowest BCUT2D eigenvalue weighted by atomic mass is 9.74. The van der Waals surface area contributed by atoms with Gasteiger partial charge < -0.3 is 47.3 Å². The Labute approximate surface area is 801 Å². The second-order valence-electron chi connectivity index (χ2n) is 40.9. The van der Waals surface area contributed by atoms with Crippen molar-refractivity contribution in [2.75, 3.05) is 68.0 Å². The summed E-state index contributed by atoms with van der Waals surface area (Å²) in [6, 6.07) is 70.9. The monoisotopic (exact) mass is 1860 g/mol. The summed E-state index contributed by atoms with van der Waals surface area (Å²) in [6.45, 7) is 14.9. The lowest BCUT2D eigenvalue weighted by Crippen LogP contribution is -2.32. The zero-order valence-corrected chi connectivity index (χ0v) is 80.8. The molecule has 10 nitrogen and oxygen atoms in total. The fraction of sp³-hybridized carbons (Fsp3) is 0.397. The van der Waals surface area contributed by atoms with E-state index in [1.807, 2.05) is 78.9 Å². The predicted octanol–water partition coefficient (Wildman–Crippen LogP) is 28.6. The topological polar surface area (TPSA) is 40.9 Å². The van der Waals surface area contributed by atoms with Crippen molar-refractivity contribution in [1.29, 1.82) is 0 Å². The fourth-order valence-corrected chi connectivity index (χ4v) is 25.9. The third kappa shape index (κ3) is 17.6. The van der Waals surface area contributed by atoms with Crippen molar-refractivity contribution >= 4 is 89.3 Å². The van der Waals surface area contributed by atoms with Gasteiger partial charge in [-0.2, -0.15) is 0 Å². The molecule has 25 rings (SSSR count). The van der Waals surface area contributed by atoms with Gasteiger partial charge in [0, 0.05) is 255 Å². The van der Waals surface area contributed by atoms with Crippen LogP contribution in [0.2, 0.25) is 15.1 Å². The van der Waals surface area contributed by atoms with Gasteiger partial charge in [-0.25, -0.2) is 22.0 Å². The predicted molar refractivity (Wildman–Crippen MR) is 540 cm³/mol. The highest BCUT2D eigenvalue weighted by Crippen LogP contribution is 2.55.